The van der Waals surface area contributed by atoms with E-state index in [9.17, 15) is 14.0 Å². The van der Waals surface area contributed by atoms with Crippen LogP contribution in [-0.4, -0.2) is 22.0 Å². The first kappa shape index (κ1) is 15.7. The maximum Gasteiger partial charge on any atom is 0.243 e. The number of aromatic amines is 1. The number of H-pyrrole nitrogens is 1. The van der Waals surface area contributed by atoms with Crippen LogP contribution >= 0.6 is 0 Å². The van der Waals surface area contributed by atoms with Gasteiger partial charge < -0.3 is 10.2 Å². The van der Waals surface area contributed by atoms with E-state index in [1.54, 1.807) is 23.2 Å². The third-order valence-electron chi connectivity index (χ3n) is 5.31. The number of benzene rings is 2. The second-order valence-corrected chi connectivity index (χ2v) is 6.82. The van der Waals surface area contributed by atoms with Gasteiger partial charge >= 0.3 is 0 Å². The van der Waals surface area contributed by atoms with Crippen molar-refractivity contribution in [3.05, 3.63) is 77.2 Å². The summed E-state index contributed by atoms with van der Waals surface area (Å²) in [5.74, 6) is -0.280. The molecule has 7 heteroatoms. The van der Waals surface area contributed by atoms with Gasteiger partial charge in [-0.15, -0.1) is 0 Å². The summed E-state index contributed by atoms with van der Waals surface area (Å²) in [5.41, 5.74) is 1.93. The van der Waals surface area contributed by atoms with Crippen molar-refractivity contribution in [2.45, 2.75) is 18.4 Å². The van der Waals surface area contributed by atoms with Crippen molar-refractivity contribution in [2.75, 3.05) is 10.2 Å². The van der Waals surface area contributed by atoms with Crippen molar-refractivity contribution in [1.29, 1.82) is 0 Å². The molecular formula is C20H15FN4O2. The molecule has 2 aliphatic rings. The van der Waals surface area contributed by atoms with Gasteiger partial charge in [0.1, 0.15) is 17.1 Å². The molecule has 3 heterocycles. The SMILES string of the molecule is O=C1C[C@@]2(C(=O)N(Cc3ccc(F)cc3)c3ccccc32)c2cn[nH]c2N1. The number of anilines is 2. The fraction of sp³-hybridized carbons (Fsp3) is 0.150. The first-order chi connectivity index (χ1) is 13.1. The lowest BCUT2D eigenvalue weighted by Gasteiger charge is -2.31. The molecule has 0 saturated heterocycles. The van der Waals surface area contributed by atoms with Gasteiger partial charge in [-0.1, -0.05) is 30.3 Å². The van der Waals surface area contributed by atoms with Crippen LogP contribution in [0.1, 0.15) is 23.1 Å². The van der Waals surface area contributed by atoms with Crippen molar-refractivity contribution in [3.63, 3.8) is 0 Å². The van der Waals surface area contributed by atoms with Gasteiger partial charge in [-0.2, -0.15) is 5.10 Å². The summed E-state index contributed by atoms with van der Waals surface area (Å²) < 4.78 is 13.2. The lowest BCUT2D eigenvalue weighted by molar-refractivity contribution is -0.126. The Bertz CT molecular complexity index is 1080. The molecule has 1 aromatic heterocycles. The number of carbonyl (C=O) groups excluding carboxylic acids is 2. The molecule has 0 aliphatic carbocycles. The Morgan fingerprint density at radius 1 is 1.07 bits per heavy atom. The van der Waals surface area contributed by atoms with E-state index in [1.807, 2.05) is 24.3 Å². The molecule has 2 N–H and O–H groups in total. The van der Waals surface area contributed by atoms with Gasteiger partial charge in [-0.3, -0.25) is 14.7 Å². The number of nitrogens with zero attached hydrogens (tertiary/aromatic N) is 2. The van der Waals surface area contributed by atoms with E-state index < -0.39 is 5.41 Å². The smallest absolute Gasteiger partial charge is 0.243 e. The predicted molar refractivity (Wildman–Crippen MR) is 96.6 cm³/mol. The number of para-hydroxylation sites is 1. The van der Waals surface area contributed by atoms with E-state index >= 15 is 0 Å². The molecule has 1 spiro atoms. The minimum atomic E-state index is -1.10. The standard InChI is InChI=1S/C20H15FN4O2/c21-13-7-5-12(6-8-13)11-25-16-4-2-1-3-14(16)20(19(25)27)9-17(26)23-18-15(20)10-22-24-18/h1-8,10H,9,11H2,(H2,22,23,24,26)/t20-/m0/s1. The quantitative estimate of drug-likeness (QED) is 0.736. The summed E-state index contributed by atoms with van der Waals surface area (Å²) in [5, 5.41) is 9.54. The molecule has 27 heavy (non-hydrogen) atoms. The number of halogens is 1. The van der Waals surface area contributed by atoms with Gasteiger partial charge in [0.25, 0.3) is 0 Å². The van der Waals surface area contributed by atoms with Crippen LogP contribution in [0.5, 0.6) is 0 Å². The van der Waals surface area contributed by atoms with Gasteiger partial charge in [0.05, 0.1) is 12.7 Å². The average Bonchev–Trinajstić information content (AvgIpc) is 3.22. The number of amides is 2. The van der Waals surface area contributed by atoms with Crippen LogP contribution in [0.15, 0.2) is 54.7 Å². The van der Waals surface area contributed by atoms with Crippen LogP contribution < -0.4 is 10.2 Å². The summed E-state index contributed by atoms with van der Waals surface area (Å²) in [4.78, 5) is 27.7. The number of aromatic nitrogens is 2. The second-order valence-electron chi connectivity index (χ2n) is 6.82. The summed E-state index contributed by atoms with van der Waals surface area (Å²) in [6.07, 6.45) is 1.63. The van der Waals surface area contributed by atoms with E-state index in [0.717, 1.165) is 16.8 Å². The van der Waals surface area contributed by atoms with Crippen molar-refractivity contribution < 1.29 is 14.0 Å². The molecule has 134 valence electrons. The second kappa shape index (κ2) is 5.51. The van der Waals surface area contributed by atoms with Gasteiger partial charge in [-0.25, -0.2) is 4.39 Å². The predicted octanol–water partition coefficient (Wildman–Crippen LogP) is 2.72. The maximum atomic E-state index is 13.6. The number of hydrogen-bond acceptors (Lipinski definition) is 3. The van der Waals surface area contributed by atoms with Gasteiger partial charge in [0, 0.05) is 17.7 Å². The normalized spacial score (nSPS) is 20.6. The fourth-order valence-corrected chi connectivity index (χ4v) is 4.11. The zero-order valence-corrected chi connectivity index (χ0v) is 14.2. The van der Waals surface area contributed by atoms with Crippen LogP contribution in [0.4, 0.5) is 15.9 Å². The minimum Gasteiger partial charge on any atom is -0.311 e. The van der Waals surface area contributed by atoms with Gasteiger partial charge in [-0.05, 0) is 29.3 Å². The van der Waals surface area contributed by atoms with E-state index in [0.29, 0.717) is 17.9 Å². The Kier molecular flexibility index (Phi) is 3.21. The van der Waals surface area contributed by atoms with Crippen LogP contribution in [0.2, 0.25) is 0 Å². The molecule has 0 saturated carbocycles. The van der Waals surface area contributed by atoms with Gasteiger partial charge in [0.2, 0.25) is 11.8 Å². The highest BCUT2D eigenvalue weighted by Gasteiger charge is 2.56. The zero-order chi connectivity index (χ0) is 18.6. The molecule has 0 fully saturated rings. The molecule has 2 amide bonds. The number of nitrogens with one attached hydrogen (secondary N) is 2. The molecule has 5 rings (SSSR count). The fourth-order valence-electron chi connectivity index (χ4n) is 4.11. The Morgan fingerprint density at radius 3 is 2.67 bits per heavy atom. The highest BCUT2D eigenvalue weighted by Crippen LogP contribution is 2.51. The molecule has 6 nitrogen and oxygen atoms in total. The lowest BCUT2D eigenvalue weighted by Crippen LogP contribution is -2.46. The number of rotatable bonds is 2. The van der Waals surface area contributed by atoms with E-state index in [4.69, 9.17) is 0 Å². The lowest BCUT2D eigenvalue weighted by atomic mass is 9.72. The third kappa shape index (κ3) is 2.14. The highest BCUT2D eigenvalue weighted by molar-refractivity contribution is 6.15. The van der Waals surface area contributed by atoms with Crippen molar-refractivity contribution >= 4 is 23.3 Å². The average molecular weight is 362 g/mol. The Morgan fingerprint density at radius 2 is 1.85 bits per heavy atom. The van der Waals surface area contributed by atoms with E-state index in [1.165, 1.54) is 12.1 Å². The van der Waals surface area contributed by atoms with Gasteiger partial charge in [0.15, 0.2) is 0 Å². The van der Waals surface area contributed by atoms with Crippen molar-refractivity contribution in [1.82, 2.24) is 10.2 Å². The monoisotopic (exact) mass is 362 g/mol. The molecule has 1 atom stereocenters. The molecule has 0 unspecified atom stereocenters. The largest absolute Gasteiger partial charge is 0.311 e. The first-order valence-corrected chi connectivity index (χ1v) is 8.59. The molecule has 2 aliphatic heterocycles. The Balaban J connectivity index is 1.67. The Labute approximate surface area is 154 Å². The molecule has 3 aromatic rings. The molecule has 0 bridgehead atoms. The maximum absolute atomic E-state index is 13.6. The topological polar surface area (TPSA) is 78.1 Å². The van der Waals surface area contributed by atoms with Crippen molar-refractivity contribution in [3.8, 4) is 0 Å². The van der Waals surface area contributed by atoms with E-state index in [2.05, 4.69) is 15.5 Å². The Hall–Kier alpha value is -3.48. The van der Waals surface area contributed by atoms with Crippen LogP contribution in [0.3, 0.4) is 0 Å². The third-order valence-corrected chi connectivity index (χ3v) is 5.31. The number of carbonyl (C=O) groups is 2. The van der Waals surface area contributed by atoms with Crippen molar-refractivity contribution in [2.24, 2.45) is 0 Å². The number of hydrogen-bond donors (Lipinski definition) is 2. The summed E-state index contributed by atoms with van der Waals surface area (Å²) >= 11 is 0. The zero-order valence-electron chi connectivity index (χ0n) is 14.2. The summed E-state index contributed by atoms with van der Waals surface area (Å²) in [6.45, 7) is 0.298. The first-order valence-electron chi connectivity index (χ1n) is 8.59. The van der Waals surface area contributed by atoms with Crippen LogP contribution in [0, 0.1) is 5.82 Å². The van der Waals surface area contributed by atoms with Crippen LogP contribution in [0.25, 0.3) is 0 Å². The summed E-state index contributed by atoms with van der Waals surface area (Å²) in [7, 11) is 0. The molecular weight excluding hydrogens is 347 g/mol. The van der Waals surface area contributed by atoms with E-state index in [-0.39, 0.29) is 24.1 Å². The minimum absolute atomic E-state index is 0.0231. The van der Waals surface area contributed by atoms with Crippen LogP contribution in [-0.2, 0) is 21.5 Å². The molecule has 2 aromatic carbocycles. The number of fused-ring (bicyclic) bond motifs is 4. The molecule has 0 radical (unpaired) electrons. The summed E-state index contributed by atoms with van der Waals surface area (Å²) in [6, 6.07) is 13.5. The highest BCUT2D eigenvalue weighted by atomic mass is 19.1.